The van der Waals surface area contributed by atoms with Crippen LogP contribution in [0.4, 0.5) is 4.39 Å². The molecule has 6 rings (SSSR count). The van der Waals surface area contributed by atoms with Gasteiger partial charge in [0.05, 0.1) is 6.54 Å². The van der Waals surface area contributed by atoms with Crippen molar-refractivity contribution in [1.29, 1.82) is 0 Å². The van der Waals surface area contributed by atoms with E-state index >= 15 is 0 Å². The van der Waals surface area contributed by atoms with Gasteiger partial charge >= 0.3 is 0 Å². The lowest BCUT2D eigenvalue weighted by Crippen LogP contribution is -2.53. The molecule has 2 heterocycles. The topological polar surface area (TPSA) is 98.7 Å². The molecule has 196 valence electrons. The number of nitrogens with one attached hydrogen (secondary N) is 2. The van der Waals surface area contributed by atoms with Crippen LogP contribution in [-0.4, -0.2) is 45.5 Å². The first-order valence-electron chi connectivity index (χ1n) is 13.6. The molecular formula is C28H38FN3O4. The van der Waals surface area contributed by atoms with E-state index in [1.807, 2.05) is 0 Å². The number of carbonyl (C=O) groups is 3. The molecule has 4 fully saturated rings. The number of aryl methyl sites for hydroxylation is 1. The van der Waals surface area contributed by atoms with E-state index in [0.29, 0.717) is 28.1 Å². The number of halogens is 1. The fraction of sp³-hybridized carbons (Fsp3) is 0.679. The second-order valence-electron chi connectivity index (χ2n) is 11.6. The molecule has 8 heteroatoms. The zero-order valence-corrected chi connectivity index (χ0v) is 21.2. The summed E-state index contributed by atoms with van der Waals surface area (Å²) in [5.74, 6) is -1.57. The fourth-order valence-electron chi connectivity index (χ4n) is 6.36. The predicted octanol–water partition coefficient (Wildman–Crippen LogP) is 3.85. The molecule has 1 aromatic carbocycles. The minimum absolute atomic E-state index is 0.0773. The van der Waals surface area contributed by atoms with Crippen molar-refractivity contribution in [3.05, 3.63) is 34.6 Å². The first-order valence-corrected chi connectivity index (χ1v) is 13.6. The van der Waals surface area contributed by atoms with Crippen molar-refractivity contribution in [2.75, 3.05) is 0 Å². The molecule has 1 aromatic rings. The lowest BCUT2D eigenvalue weighted by atomic mass is 9.80. The van der Waals surface area contributed by atoms with Gasteiger partial charge in [-0.05, 0) is 81.8 Å². The van der Waals surface area contributed by atoms with Gasteiger partial charge in [-0.25, -0.2) is 4.39 Å². The van der Waals surface area contributed by atoms with Gasteiger partial charge in [0.1, 0.15) is 17.6 Å². The Hall–Kier alpha value is -2.32. The second-order valence-corrected chi connectivity index (χ2v) is 11.6. The molecule has 3 N–H and O–H groups in total. The largest absolute Gasteiger partial charge is 0.376 e. The lowest BCUT2D eigenvalue weighted by molar-refractivity contribution is -0.136. The summed E-state index contributed by atoms with van der Waals surface area (Å²) in [4.78, 5) is 36.6. The number of hydrogen-bond acceptors (Lipinski definition) is 5. The highest BCUT2D eigenvalue weighted by molar-refractivity contribution is 6.05. The minimum Gasteiger partial charge on any atom is -0.376 e. The highest BCUT2D eigenvalue weighted by atomic mass is 19.1. The Kier molecular flexibility index (Phi) is 6.94. The quantitative estimate of drug-likeness (QED) is 0.434. The van der Waals surface area contributed by atoms with E-state index in [-0.39, 0.29) is 31.2 Å². The monoisotopic (exact) mass is 499 g/mol. The molecule has 0 bridgehead atoms. The maximum absolute atomic E-state index is 14.0. The van der Waals surface area contributed by atoms with Crippen LogP contribution in [0.5, 0.6) is 0 Å². The van der Waals surface area contributed by atoms with Crippen molar-refractivity contribution < 1.29 is 23.9 Å². The summed E-state index contributed by atoms with van der Waals surface area (Å²) in [6.45, 7) is 1.71. The van der Waals surface area contributed by atoms with Gasteiger partial charge in [-0.1, -0.05) is 25.3 Å². The predicted molar refractivity (Wildman–Crippen MR) is 132 cm³/mol. The van der Waals surface area contributed by atoms with Crippen molar-refractivity contribution in [2.45, 2.75) is 115 Å². The van der Waals surface area contributed by atoms with Crippen LogP contribution in [-0.2, 0) is 16.1 Å². The molecule has 3 amide bonds. The summed E-state index contributed by atoms with van der Waals surface area (Å²) in [5.41, 5.74) is 1.27. The molecule has 2 aliphatic heterocycles. The number of fused-ring (bicyclic) bond motifs is 1. The standard InChI is InChI=1S/C14H13FN2O3.C14H25NO/c1-7-2-3-8-9(12(7)15)6-17(14(8)20)10-4-5-11(18)16-13(10)19;16-14(15-12-4-2-1-3-5-12)10-8-13(6-7-13)9-11-14/h2-3,10H,4-6H2,1H3,(H,16,18,19);12,15-16H,1-11H2. The third-order valence-electron chi connectivity index (χ3n) is 9.02. The number of carbonyl (C=O) groups excluding carboxylic acids is 3. The summed E-state index contributed by atoms with van der Waals surface area (Å²) in [5, 5.41) is 16.3. The van der Waals surface area contributed by atoms with Gasteiger partial charge in [-0.2, -0.15) is 0 Å². The van der Waals surface area contributed by atoms with Gasteiger partial charge in [0.15, 0.2) is 0 Å². The van der Waals surface area contributed by atoms with Crippen LogP contribution in [0, 0.1) is 18.2 Å². The first kappa shape index (κ1) is 25.3. The van der Waals surface area contributed by atoms with Gasteiger partial charge < -0.3 is 10.0 Å². The summed E-state index contributed by atoms with van der Waals surface area (Å²) < 4.78 is 14.0. The smallest absolute Gasteiger partial charge is 0.255 e. The van der Waals surface area contributed by atoms with Gasteiger partial charge in [-0.3, -0.25) is 25.0 Å². The molecule has 0 radical (unpaired) electrons. The number of hydrogen-bond donors (Lipinski definition) is 3. The SMILES string of the molecule is Cc1ccc2c(c1F)CN(C1CCC(=O)NC1=O)C2=O.OC1(NC2CCCCC2)CCC2(CC2)CC1. The third-order valence-corrected chi connectivity index (χ3v) is 9.02. The molecule has 3 aliphatic carbocycles. The average molecular weight is 500 g/mol. The summed E-state index contributed by atoms with van der Waals surface area (Å²) in [6.07, 6.45) is 14.4. The number of amides is 3. The molecule has 1 saturated heterocycles. The van der Waals surface area contributed by atoms with Gasteiger partial charge in [0.2, 0.25) is 11.8 Å². The molecular weight excluding hydrogens is 461 g/mol. The normalized spacial score (nSPS) is 26.8. The number of benzene rings is 1. The molecule has 1 unspecified atom stereocenters. The number of imide groups is 1. The maximum Gasteiger partial charge on any atom is 0.255 e. The van der Waals surface area contributed by atoms with Crippen LogP contribution in [0.3, 0.4) is 0 Å². The van der Waals surface area contributed by atoms with Gasteiger partial charge in [0.25, 0.3) is 5.91 Å². The van der Waals surface area contributed by atoms with Crippen LogP contribution in [0.1, 0.15) is 105 Å². The maximum atomic E-state index is 14.0. The van der Waals surface area contributed by atoms with E-state index in [9.17, 15) is 23.9 Å². The average Bonchev–Trinajstić information content (AvgIpc) is 3.55. The number of nitrogens with zero attached hydrogens (tertiary/aromatic N) is 1. The summed E-state index contributed by atoms with van der Waals surface area (Å²) in [6, 6.07) is 3.03. The van der Waals surface area contributed by atoms with Crippen molar-refractivity contribution in [3.8, 4) is 0 Å². The van der Waals surface area contributed by atoms with Crippen molar-refractivity contribution >= 4 is 17.7 Å². The Morgan fingerprint density at radius 1 is 1.00 bits per heavy atom. The molecule has 7 nitrogen and oxygen atoms in total. The van der Waals surface area contributed by atoms with Crippen LogP contribution in [0.25, 0.3) is 0 Å². The minimum atomic E-state index is -0.702. The van der Waals surface area contributed by atoms with Crippen LogP contribution in [0.15, 0.2) is 12.1 Å². The summed E-state index contributed by atoms with van der Waals surface area (Å²) in [7, 11) is 0. The van der Waals surface area contributed by atoms with Crippen molar-refractivity contribution in [1.82, 2.24) is 15.5 Å². The fourth-order valence-corrected chi connectivity index (χ4v) is 6.36. The molecule has 1 atom stereocenters. The molecule has 1 spiro atoms. The van der Waals surface area contributed by atoms with Crippen LogP contribution in [0.2, 0.25) is 0 Å². The Morgan fingerprint density at radius 2 is 1.67 bits per heavy atom. The number of piperidine rings is 1. The van der Waals surface area contributed by atoms with E-state index < -0.39 is 23.5 Å². The van der Waals surface area contributed by atoms with E-state index in [1.54, 1.807) is 19.1 Å². The van der Waals surface area contributed by atoms with E-state index in [1.165, 1.54) is 62.7 Å². The highest BCUT2D eigenvalue weighted by Gasteiger charge is 2.49. The zero-order chi connectivity index (χ0) is 25.5. The third kappa shape index (κ3) is 5.21. The highest BCUT2D eigenvalue weighted by Crippen LogP contribution is 2.57. The number of aliphatic hydroxyl groups is 1. The summed E-state index contributed by atoms with van der Waals surface area (Å²) >= 11 is 0. The zero-order valence-electron chi connectivity index (χ0n) is 21.2. The van der Waals surface area contributed by atoms with Gasteiger partial charge in [0, 0.05) is 23.6 Å². The molecule has 0 aromatic heterocycles. The van der Waals surface area contributed by atoms with E-state index in [4.69, 9.17) is 0 Å². The molecule has 36 heavy (non-hydrogen) atoms. The molecule has 3 saturated carbocycles. The van der Waals surface area contributed by atoms with E-state index in [0.717, 1.165) is 12.8 Å². The Bertz CT molecular complexity index is 1040. The first-order chi connectivity index (χ1) is 17.2. The van der Waals surface area contributed by atoms with E-state index in [2.05, 4.69) is 10.6 Å². The van der Waals surface area contributed by atoms with Crippen LogP contribution < -0.4 is 10.6 Å². The Morgan fingerprint density at radius 3 is 2.31 bits per heavy atom. The Labute approximate surface area is 212 Å². The number of rotatable bonds is 3. The van der Waals surface area contributed by atoms with Crippen LogP contribution >= 0.6 is 0 Å². The van der Waals surface area contributed by atoms with Crippen molar-refractivity contribution in [3.63, 3.8) is 0 Å². The van der Waals surface area contributed by atoms with Crippen molar-refractivity contribution in [2.24, 2.45) is 5.41 Å². The molecule has 5 aliphatic rings. The Balaban J connectivity index is 0.000000152. The lowest BCUT2D eigenvalue weighted by Gasteiger charge is -2.40. The van der Waals surface area contributed by atoms with Gasteiger partial charge in [-0.15, -0.1) is 0 Å². The second kappa shape index (κ2) is 9.86.